The molecule has 1 N–H and O–H groups in total. The molecule has 0 saturated heterocycles. The lowest BCUT2D eigenvalue weighted by Crippen LogP contribution is -2.53. The number of sulfonamides is 1. The molecule has 232 valence electrons. The van der Waals surface area contributed by atoms with Gasteiger partial charge in [0.05, 0.1) is 22.5 Å². The second-order valence-corrected chi connectivity index (χ2v) is 12.8. The zero-order valence-electron chi connectivity index (χ0n) is 23.2. The molecule has 0 aliphatic rings. The van der Waals surface area contributed by atoms with E-state index in [4.69, 9.17) is 34.8 Å². The molecule has 3 aromatic carbocycles. The van der Waals surface area contributed by atoms with Gasteiger partial charge in [0, 0.05) is 35.1 Å². The third-order valence-electron chi connectivity index (χ3n) is 6.43. The predicted octanol–water partition coefficient (Wildman–Crippen LogP) is 6.60. The number of carbonyl (C=O) groups excluding carboxylic acids is 2. The molecule has 7 nitrogen and oxygen atoms in total. The summed E-state index contributed by atoms with van der Waals surface area (Å²) in [6.07, 6.45) is -3.48. The van der Waals surface area contributed by atoms with Gasteiger partial charge in [0.15, 0.2) is 0 Å². The van der Waals surface area contributed by atoms with Gasteiger partial charge in [-0.1, -0.05) is 78.1 Å². The van der Waals surface area contributed by atoms with Crippen molar-refractivity contribution in [1.82, 2.24) is 10.2 Å². The maximum Gasteiger partial charge on any atom is 0.417 e. The summed E-state index contributed by atoms with van der Waals surface area (Å²) < 4.78 is 67.1. The molecular formula is C29H29Cl3F3N3O4S. The van der Waals surface area contributed by atoms with Crippen LogP contribution in [0.25, 0.3) is 0 Å². The van der Waals surface area contributed by atoms with Crippen molar-refractivity contribution in [3.8, 4) is 0 Å². The quantitative estimate of drug-likeness (QED) is 0.234. The summed E-state index contributed by atoms with van der Waals surface area (Å²) in [6, 6.07) is 14.9. The van der Waals surface area contributed by atoms with Crippen LogP contribution in [0.1, 0.15) is 30.0 Å². The minimum Gasteiger partial charge on any atom is -0.354 e. The van der Waals surface area contributed by atoms with Gasteiger partial charge < -0.3 is 10.2 Å². The van der Waals surface area contributed by atoms with Gasteiger partial charge in [-0.2, -0.15) is 13.2 Å². The van der Waals surface area contributed by atoms with E-state index in [0.29, 0.717) is 34.5 Å². The van der Waals surface area contributed by atoms with E-state index in [2.05, 4.69) is 5.32 Å². The summed E-state index contributed by atoms with van der Waals surface area (Å²) in [5.74, 6) is -1.39. The zero-order valence-corrected chi connectivity index (χ0v) is 26.3. The molecule has 1 atom stereocenters. The summed E-state index contributed by atoms with van der Waals surface area (Å²) >= 11 is 18.6. The van der Waals surface area contributed by atoms with Crippen LogP contribution in [0.5, 0.6) is 0 Å². The Kier molecular flexibility index (Phi) is 11.8. The van der Waals surface area contributed by atoms with Crippen LogP contribution in [0.2, 0.25) is 15.1 Å². The Bertz CT molecular complexity index is 1540. The van der Waals surface area contributed by atoms with Crippen molar-refractivity contribution in [1.29, 1.82) is 0 Å². The Morgan fingerprint density at radius 1 is 0.930 bits per heavy atom. The monoisotopic (exact) mass is 677 g/mol. The van der Waals surface area contributed by atoms with Crippen LogP contribution in [0.15, 0.2) is 66.7 Å². The maximum atomic E-state index is 14.1. The molecule has 0 heterocycles. The van der Waals surface area contributed by atoms with Crippen molar-refractivity contribution in [3.63, 3.8) is 0 Å². The van der Waals surface area contributed by atoms with Gasteiger partial charge in [-0.05, 0) is 42.3 Å². The van der Waals surface area contributed by atoms with Crippen LogP contribution >= 0.6 is 34.8 Å². The number of carbonyl (C=O) groups is 2. The minimum atomic E-state index is -4.88. The maximum absolute atomic E-state index is 14.1. The zero-order chi connectivity index (χ0) is 31.9. The summed E-state index contributed by atoms with van der Waals surface area (Å²) in [5, 5.41) is 2.54. The van der Waals surface area contributed by atoms with Gasteiger partial charge in [0.2, 0.25) is 21.8 Å². The van der Waals surface area contributed by atoms with E-state index in [0.717, 1.165) is 23.3 Å². The van der Waals surface area contributed by atoms with E-state index < -0.39 is 56.9 Å². The highest BCUT2D eigenvalue weighted by Gasteiger charge is 2.36. The Morgan fingerprint density at radius 3 is 2.12 bits per heavy atom. The number of amides is 2. The van der Waals surface area contributed by atoms with Crippen LogP contribution in [0, 0.1) is 0 Å². The van der Waals surface area contributed by atoms with Crippen LogP contribution in [-0.4, -0.2) is 50.5 Å². The van der Waals surface area contributed by atoms with Gasteiger partial charge in [0.1, 0.15) is 12.6 Å². The molecule has 3 rings (SSSR count). The van der Waals surface area contributed by atoms with Crippen LogP contribution in [-0.2, 0) is 38.8 Å². The number of hydrogen-bond donors (Lipinski definition) is 1. The first kappa shape index (κ1) is 34.5. The van der Waals surface area contributed by atoms with E-state index in [1.807, 2.05) is 6.92 Å². The van der Waals surface area contributed by atoms with Crippen molar-refractivity contribution in [2.45, 2.75) is 38.5 Å². The molecule has 0 unspecified atom stereocenters. The Morgan fingerprint density at radius 2 is 1.56 bits per heavy atom. The van der Waals surface area contributed by atoms with Crippen molar-refractivity contribution >= 4 is 62.3 Å². The highest BCUT2D eigenvalue weighted by molar-refractivity contribution is 7.92. The molecule has 0 aliphatic carbocycles. The SMILES string of the molecule is CCCNC(=O)[C@@H](Cc1ccccc1)N(Cc1c(Cl)cccc1Cl)C(=O)CN(c1ccc(Cl)c(C(F)(F)F)c1)S(C)(=O)=O. The fourth-order valence-corrected chi connectivity index (χ4v) is 5.86. The molecule has 0 radical (unpaired) electrons. The van der Waals surface area contributed by atoms with E-state index in [1.165, 1.54) is 0 Å². The number of rotatable bonds is 12. The van der Waals surface area contributed by atoms with Gasteiger partial charge in [-0.15, -0.1) is 0 Å². The number of nitrogens with one attached hydrogen (secondary N) is 1. The summed E-state index contributed by atoms with van der Waals surface area (Å²) in [4.78, 5) is 28.7. The average molecular weight is 679 g/mol. The molecule has 0 bridgehead atoms. The lowest BCUT2D eigenvalue weighted by Gasteiger charge is -2.34. The van der Waals surface area contributed by atoms with Crippen LogP contribution < -0.4 is 9.62 Å². The molecule has 0 aliphatic heterocycles. The number of halogens is 6. The third-order valence-corrected chi connectivity index (χ3v) is 8.61. The Balaban J connectivity index is 2.13. The fraction of sp³-hybridized carbons (Fsp3) is 0.310. The van der Waals surface area contributed by atoms with Crippen molar-refractivity contribution in [2.75, 3.05) is 23.7 Å². The lowest BCUT2D eigenvalue weighted by atomic mass is 10.0. The molecule has 0 fully saturated rings. The number of hydrogen-bond acceptors (Lipinski definition) is 4. The predicted molar refractivity (Wildman–Crippen MR) is 163 cm³/mol. The lowest BCUT2D eigenvalue weighted by molar-refractivity contribution is -0.140. The van der Waals surface area contributed by atoms with Crippen molar-refractivity contribution in [3.05, 3.63) is 98.5 Å². The van der Waals surface area contributed by atoms with Gasteiger partial charge in [-0.25, -0.2) is 8.42 Å². The summed E-state index contributed by atoms with van der Waals surface area (Å²) in [7, 11) is -4.31. The second kappa shape index (κ2) is 14.7. The molecule has 0 saturated carbocycles. The number of anilines is 1. The smallest absolute Gasteiger partial charge is 0.354 e. The van der Waals surface area contributed by atoms with E-state index >= 15 is 0 Å². The van der Waals surface area contributed by atoms with Crippen molar-refractivity contribution < 1.29 is 31.2 Å². The largest absolute Gasteiger partial charge is 0.417 e. The third kappa shape index (κ3) is 9.25. The Hall–Kier alpha value is -2.99. The fourth-order valence-electron chi connectivity index (χ4n) is 4.27. The second-order valence-electron chi connectivity index (χ2n) is 9.65. The molecule has 2 amide bonds. The van der Waals surface area contributed by atoms with Gasteiger partial charge in [-0.3, -0.25) is 13.9 Å². The summed E-state index contributed by atoms with van der Waals surface area (Å²) in [5.41, 5.74) is -0.696. The standard InChI is InChI=1S/C29H29Cl3F3N3O4S/c1-3-14-36-28(40)26(15-19-8-5-4-6-9-19)37(17-21-23(30)10-7-11-24(21)31)27(39)18-38(43(2,41)42)20-12-13-25(32)22(16-20)29(33,34)35/h4-13,16,26H,3,14-15,17-18H2,1-2H3,(H,36,40)/t26-/m1/s1. The number of alkyl halides is 3. The first-order valence-electron chi connectivity index (χ1n) is 13.0. The topological polar surface area (TPSA) is 86.8 Å². The minimum absolute atomic E-state index is 0.0439. The molecule has 43 heavy (non-hydrogen) atoms. The molecule has 0 spiro atoms. The number of benzene rings is 3. The molecular weight excluding hydrogens is 650 g/mol. The molecule has 14 heteroatoms. The number of nitrogens with zero attached hydrogens (tertiary/aromatic N) is 2. The van der Waals surface area contributed by atoms with Gasteiger partial charge in [0.25, 0.3) is 0 Å². The van der Waals surface area contributed by atoms with Crippen LogP contribution in [0.3, 0.4) is 0 Å². The normalized spacial score (nSPS) is 12.5. The highest BCUT2D eigenvalue weighted by Crippen LogP contribution is 2.37. The van der Waals surface area contributed by atoms with E-state index in [9.17, 15) is 31.2 Å². The summed E-state index contributed by atoms with van der Waals surface area (Å²) in [6.45, 7) is 0.941. The average Bonchev–Trinajstić information content (AvgIpc) is 2.93. The van der Waals surface area contributed by atoms with E-state index in [-0.39, 0.29) is 23.0 Å². The van der Waals surface area contributed by atoms with E-state index in [1.54, 1.807) is 48.5 Å². The Labute approximate surface area is 263 Å². The molecule has 0 aromatic heterocycles. The van der Waals surface area contributed by atoms with Crippen molar-refractivity contribution in [2.24, 2.45) is 0 Å². The first-order valence-corrected chi connectivity index (χ1v) is 16.0. The van der Waals surface area contributed by atoms with Gasteiger partial charge >= 0.3 is 6.18 Å². The highest BCUT2D eigenvalue weighted by atomic mass is 35.5. The van der Waals surface area contributed by atoms with Crippen LogP contribution in [0.4, 0.5) is 18.9 Å². The first-order chi connectivity index (χ1) is 20.1. The molecule has 3 aromatic rings.